The van der Waals surface area contributed by atoms with Crippen molar-refractivity contribution in [3.63, 3.8) is 0 Å². The van der Waals surface area contributed by atoms with Crippen LogP contribution in [-0.4, -0.2) is 93.5 Å². The van der Waals surface area contributed by atoms with Crippen molar-refractivity contribution >= 4 is 15.9 Å². The Morgan fingerprint density at radius 1 is 0.500 bits per heavy atom. The Bertz CT molecular complexity index is 532. The van der Waals surface area contributed by atoms with E-state index in [-0.39, 0.29) is 0 Å². The van der Waals surface area contributed by atoms with E-state index in [1.54, 1.807) is 14.2 Å². The van der Waals surface area contributed by atoms with Crippen LogP contribution in [0.3, 0.4) is 0 Å². The third-order valence-electron chi connectivity index (χ3n) is 4.61. The average molecular weight is 552 g/mol. The summed E-state index contributed by atoms with van der Waals surface area (Å²) in [6.45, 7) is 7.54. The van der Waals surface area contributed by atoms with Crippen molar-refractivity contribution in [1.82, 2.24) is 0 Å². The number of hydrogen-bond acceptors (Lipinski definition) is 8. The lowest BCUT2D eigenvalue weighted by atomic mass is 10.2. The highest BCUT2D eigenvalue weighted by atomic mass is 79.9. The Labute approximate surface area is 213 Å². The summed E-state index contributed by atoms with van der Waals surface area (Å²) in [7, 11) is 3.32. The highest BCUT2D eigenvalue weighted by Gasteiger charge is 2.04. The molecule has 0 aliphatic heterocycles. The predicted molar refractivity (Wildman–Crippen MR) is 136 cm³/mol. The first-order valence-electron chi connectivity index (χ1n) is 12.0. The van der Waals surface area contributed by atoms with Gasteiger partial charge in [-0.3, -0.25) is 0 Å². The summed E-state index contributed by atoms with van der Waals surface area (Å²) in [5.41, 5.74) is 1.13. The third kappa shape index (κ3) is 18.4. The maximum atomic E-state index is 5.93. The molecule has 198 valence electrons. The van der Waals surface area contributed by atoms with Gasteiger partial charge in [0.1, 0.15) is 11.5 Å². The van der Waals surface area contributed by atoms with Gasteiger partial charge in [-0.2, -0.15) is 0 Å². The van der Waals surface area contributed by atoms with E-state index in [0.29, 0.717) is 79.3 Å². The largest absolute Gasteiger partial charge is 0.493 e. The van der Waals surface area contributed by atoms with Crippen molar-refractivity contribution < 1.29 is 37.9 Å². The van der Waals surface area contributed by atoms with E-state index in [1.165, 1.54) is 0 Å². The van der Waals surface area contributed by atoms with Crippen molar-refractivity contribution in [3.05, 3.63) is 23.8 Å². The lowest BCUT2D eigenvalue weighted by Crippen LogP contribution is -2.09. The molecule has 0 saturated carbocycles. The van der Waals surface area contributed by atoms with Crippen molar-refractivity contribution in [2.45, 2.75) is 31.0 Å². The van der Waals surface area contributed by atoms with Gasteiger partial charge in [-0.25, -0.2) is 0 Å². The number of halogens is 1. The van der Waals surface area contributed by atoms with Crippen molar-refractivity contribution in [2.75, 3.05) is 93.5 Å². The summed E-state index contributed by atoms with van der Waals surface area (Å²) < 4.78 is 43.6. The molecule has 0 amide bonds. The second-order valence-electron chi connectivity index (χ2n) is 7.49. The zero-order valence-corrected chi connectivity index (χ0v) is 22.5. The minimum Gasteiger partial charge on any atom is -0.493 e. The first kappa shape index (κ1) is 31.1. The molecule has 0 aliphatic carbocycles. The first-order chi connectivity index (χ1) is 16.8. The number of methoxy groups -OCH3 is 2. The zero-order valence-electron chi connectivity index (χ0n) is 20.9. The van der Waals surface area contributed by atoms with Crippen LogP contribution in [0.15, 0.2) is 18.2 Å². The normalized spacial score (nSPS) is 11.1. The molecule has 0 heterocycles. The maximum absolute atomic E-state index is 5.93. The topological polar surface area (TPSA) is 73.8 Å². The van der Waals surface area contributed by atoms with E-state index in [0.717, 1.165) is 48.1 Å². The number of hydrogen-bond donors (Lipinski definition) is 0. The fourth-order valence-electron chi connectivity index (χ4n) is 2.80. The highest BCUT2D eigenvalue weighted by molar-refractivity contribution is 9.08. The van der Waals surface area contributed by atoms with Gasteiger partial charge >= 0.3 is 0 Å². The quantitative estimate of drug-likeness (QED) is 0.132. The molecule has 34 heavy (non-hydrogen) atoms. The number of alkyl halides is 1. The van der Waals surface area contributed by atoms with Crippen LogP contribution in [0, 0.1) is 0 Å². The van der Waals surface area contributed by atoms with E-state index in [1.807, 2.05) is 18.2 Å². The molecular formula is C25H43BrO8. The molecule has 0 N–H and O–H groups in total. The molecule has 0 fully saturated rings. The van der Waals surface area contributed by atoms with Crippen LogP contribution in [0.5, 0.6) is 11.5 Å². The fourth-order valence-corrected chi connectivity index (χ4v) is 3.12. The summed E-state index contributed by atoms with van der Waals surface area (Å²) in [4.78, 5) is 0. The first-order valence-corrected chi connectivity index (χ1v) is 13.2. The predicted octanol–water partition coefficient (Wildman–Crippen LogP) is 4.26. The molecule has 0 aliphatic rings. The van der Waals surface area contributed by atoms with E-state index in [4.69, 9.17) is 37.9 Å². The Kier molecular flexibility index (Phi) is 21.8. The van der Waals surface area contributed by atoms with Gasteiger partial charge in [0.05, 0.1) is 66.1 Å². The molecule has 0 atom stereocenters. The van der Waals surface area contributed by atoms with Crippen LogP contribution >= 0.6 is 15.9 Å². The molecule has 0 spiro atoms. The maximum Gasteiger partial charge on any atom is 0.123 e. The molecular weight excluding hydrogens is 508 g/mol. The van der Waals surface area contributed by atoms with Crippen molar-refractivity contribution in [2.24, 2.45) is 0 Å². The molecule has 1 rings (SSSR count). The molecule has 0 saturated heterocycles. The average Bonchev–Trinajstić information content (AvgIpc) is 2.85. The van der Waals surface area contributed by atoms with E-state index >= 15 is 0 Å². The standard InChI is InChI=1S/C25H43BrO8/c1-27-11-13-31-17-15-29-7-3-5-9-33-24-19-23(22-26)20-25(21-24)34-10-6-4-8-30-16-18-32-14-12-28-2/h19-21H,3-18,22H2,1-2H3. The SMILES string of the molecule is COCCOCCOCCCCOc1cc(CBr)cc(OCCCCOCCOCCOC)c1. The van der Waals surface area contributed by atoms with Gasteiger partial charge in [0.15, 0.2) is 0 Å². The Morgan fingerprint density at radius 2 is 0.882 bits per heavy atom. The van der Waals surface area contributed by atoms with Crippen LogP contribution in [0.4, 0.5) is 0 Å². The van der Waals surface area contributed by atoms with Gasteiger partial charge in [0.25, 0.3) is 0 Å². The molecule has 1 aromatic carbocycles. The molecule has 8 nitrogen and oxygen atoms in total. The molecule has 9 heteroatoms. The van der Waals surface area contributed by atoms with Crippen molar-refractivity contribution in [1.29, 1.82) is 0 Å². The van der Waals surface area contributed by atoms with Crippen LogP contribution < -0.4 is 9.47 Å². The van der Waals surface area contributed by atoms with Crippen molar-refractivity contribution in [3.8, 4) is 11.5 Å². The summed E-state index contributed by atoms with van der Waals surface area (Å²) >= 11 is 3.52. The Morgan fingerprint density at radius 3 is 1.29 bits per heavy atom. The Hall–Kier alpha value is -0.940. The molecule has 0 unspecified atom stereocenters. The summed E-state index contributed by atoms with van der Waals surface area (Å²) in [6.07, 6.45) is 3.75. The second-order valence-corrected chi connectivity index (χ2v) is 8.05. The smallest absolute Gasteiger partial charge is 0.123 e. The molecule has 0 aromatic heterocycles. The Balaban J connectivity index is 2.10. The molecule has 1 aromatic rings. The van der Waals surface area contributed by atoms with Gasteiger partial charge in [-0.05, 0) is 43.4 Å². The lowest BCUT2D eigenvalue weighted by Gasteiger charge is -2.12. The highest BCUT2D eigenvalue weighted by Crippen LogP contribution is 2.25. The minimum atomic E-state index is 0.596. The van der Waals surface area contributed by atoms with Gasteiger partial charge in [-0.1, -0.05) is 15.9 Å². The number of rotatable bonds is 25. The number of benzene rings is 1. The summed E-state index contributed by atoms with van der Waals surface area (Å²) in [5, 5.41) is 0.751. The monoisotopic (exact) mass is 550 g/mol. The number of ether oxygens (including phenoxy) is 8. The molecule has 0 radical (unpaired) electrons. The lowest BCUT2D eigenvalue weighted by molar-refractivity contribution is 0.0235. The zero-order chi connectivity index (χ0) is 24.5. The number of unbranched alkanes of at least 4 members (excludes halogenated alkanes) is 2. The molecule has 0 bridgehead atoms. The van der Waals surface area contributed by atoms with Gasteiger partial charge in [0.2, 0.25) is 0 Å². The minimum absolute atomic E-state index is 0.596. The van der Waals surface area contributed by atoms with E-state index < -0.39 is 0 Å². The van der Waals surface area contributed by atoms with E-state index in [9.17, 15) is 0 Å². The van der Waals surface area contributed by atoms with Crippen LogP contribution in [-0.2, 0) is 33.8 Å². The second kappa shape index (κ2) is 23.8. The summed E-state index contributed by atoms with van der Waals surface area (Å²) in [5.74, 6) is 1.66. The fraction of sp³-hybridized carbons (Fsp3) is 0.760. The van der Waals surface area contributed by atoms with Crippen LogP contribution in [0.25, 0.3) is 0 Å². The van der Waals surface area contributed by atoms with Gasteiger partial charge < -0.3 is 37.9 Å². The van der Waals surface area contributed by atoms with Crippen LogP contribution in [0.2, 0.25) is 0 Å². The van der Waals surface area contributed by atoms with E-state index in [2.05, 4.69) is 15.9 Å². The van der Waals surface area contributed by atoms with Gasteiger partial charge in [-0.15, -0.1) is 0 Å². The van der Waals surface area contributed by atoms with Gasteiger partial charge in [0, 0.05) is 38.8 Å². The summed E-state index contributed by atoms with van der Waals surface area (Å²) in [6, 6.07) is 6.03. The third-order valence-corrected chi connectivity index (χ3v) is 5.25. The van der Waals surface area contributed by atoms with Crippen LogP contribution in [0.1, 0.15) is 31.2 Å².